The number of hydrogen-bond donors (Lipinski definition) is 0. The van der Waals surface area contributed by atoms with Crippen molar-refractivity contribution >= 4 is 43.3 Å². The topological polar surface area (TPSA) is 61.2 Å². The molecule has 29 heavy (non-hydrogen) atoms. The Balaban J connectivity index is 1.75. The molecule has 0 atom stereocenters. The number of methoxy groups -OCH3 is 1. The molecule has 2 aromatic carbocycles. The van der Waals surface area contributed by atoms with Crippen LogP contribution in [0.5, 0.6) is 5.75 Å². The number of fused-ring (bicyclic) bond motifs is 1. The summed E-state index contributed by atoms with van der Waals surface area (Å²) in [6.45, 7) is 1.79. The molecule has 0 saturated carbocycles. The molecule has 4 rings (SSSR count). The molecule has 5 nitrogen and oxygen atoms in total. The second-order valence-corrected chi connectivity index (χ2v) is 8.56. The van der Waals surface area contributed by atoms with Crippen LogP contribution in [-0.4, -0.2) is 22.4 Å². The first kappa shape index (κ1) is 19.5. The standard InChI is InChI=1S/C22H17BrN2O3S/c1-13(26)15-5-8-19(28-2)16(9-15)11-25-12-24-18-10-20(29-21(18)22(25)27)14-3-6-17(23)7-4-14/h3-10,12H,11H2,1-2H3. The minimum absolute atomic E-state index is 0.0350. The predicted octanol–water partition coefficient (Wildman–Crippen LogP) is 5.15. The van der Waals surface area contributed by atoms with Gasteiger partial charge in [0, 0.05) is 20.5 Å². The Bertz CT molecular complexity index is 1280. The smallest absolute Gasteiger partial charge is 0.271 e. The van der Waals surface area contributed by atoms with Gasteiger partial charge in [-0.15, -0.1) is 11.3 Å². The van der Waals surface area contributed by atoms with Crippen LogP contribution in [0.2, 0.25) is 0 Å². The van der Waals surface area contributed by atoms with Crippen LogP contribution in [0.3, 0.4) is 0 Å². The van der Waals surface area contributed by atoms with E-state index in [0.29, 0.717) is 21.5 Å². The summed E-state index contributed by atoms with van der Waals surface area (Å²) in [5.41, 5.74) is 2.94. The maximum Gasteiger partial charge on any atom is 0.271 e. The van der Waals surface area contributed by atoms with Crippen LogP contribution in [0.15, 0.2) is 64.1 Å². The van der Waals surface area contributed by atoms with Gasteiger partial charge in [-0.3, -0.25) is 14.2 Å². The predicted molar refractivity (Wildman–Crippen MR) is 119 cm³/mol. The van der Waals surface area contributed by atoms with E-state index in [1.165, 1.54) is 18.3 Å². The van der Waals surface area contributed by atoms with E-state index < -0.39 is 0 Å². The fourth-order valence-corrected chi connectivity index (χ4v) is 4.45. The molecule has 0 aliphatic heterocycles. The summed E-state index contributed by atoms with van der Waals surface area (Å²) in [5.74, 6) is 0.593. The molecule has 0 unspecified atom stereocenters. The van der Waals surface area contributed by atoms with Gasteiger partial charge < -0.3 is 4.74 Å². The van der Waals surface area contributed by atoms with Gasteiger partial charge in [0.1, 0.15) is 10.4 Å². The molecule has 0 N–H and O–H groups in total. The summed E-state index contributed by atoms with van der Waals surface area (Å²) in [7, 11) is 1.57. The summed E-state index contributed by atoms with van der Waals surface area (Å²) in [6, 6.07) is 15.1. The molecule has 4 aromatic rings. The Labute approximate surface area is 179 Å². The van der Waals surface area contributed by atoms with Gasteiger partial charge in [-0.1, -0.05) is 28.1 Å². The molecule has 0 aliphatic carbocycles. The van der Waals surface area contributed by atoms with Crippen molar-refractivity contribution in [2.45, 2.75) is 13.5 Å². The number of rotatable bonds is 5. The van der Waals surface area contributed by atoms with Gasteiger partial charge in [0.25, 0.3) is 5.56 Å². The number of ether oxygens (including phenoxy) is 1. The normalized spacial score (nSPS) is 11.0. The van der Waals surface area contributed by atoms with Gasteiger partial charge >= 0.3 is 0 Å². The van der Waals surface area contributed by atoms with Crippen LogP contribution in [0.1, 0.15) is 22.8 Å². The highest BCUT2D eigenvalue weighted by atomic mass is 79.9. The maximum absolute atomic E-state index is 13.1. The average molecular weight is 469 g/mol. The number of halogens is 1. The van der Waals surface area contributed by atoms with E-state index in [9.17, 15) is 9.59 Å². The third-order valence-corrected chi connectivity index (χ3v) is 6.35. The van der Waals surface area contributed by atoms with Gasteiger partial charge in [0.2, 0.25) is 0 Å². The number of thiophene rings is 1. The van der Waals surface area contributed by atoms with Crippen LogP contribution in [0.4, 0.5) is 0 Å². The summed E-state index contributed by atoms with van der Waals surface area (Å²) >= 11 is 4.87. The molecular weight excluding hydrogens is 452 g/mol. The number of carbonyl (C=O) groups is 1. The molecule has 0 amide bonds. The fourth-order valence-electron chi connectivity index (χ4n) is 3.12. The van der Waals surface area contributed by atoms with Crippen molar-refractivity contribution in [2.24, 2.45) is 0 Å². The van der Waals surface area contributed by atoms with Gasteiger partial charge in [-0.05, 0) is 48.9 Å². The highest BCUT2D eigenvalue weighted by molar-refractivity contribution is 9.10. The lowest BCUT2D eigenvalue weighted by Crippen LogP contribution is -2.20. The zero-order chi connectivity index (χ0) is 20.5. The number of aromatic nitrogens is 2. The minimum Gasteiger partial charge on any atom is -0.496 e. The molecule has 0 radical (unpaired) electrons. The number of ketones is 1. The highest BCUT2D eigenvalue weighted by Crippen LogP contribution is 2.31. The third-order valence-electron chi connectivity index (χ3n) is 4.66. The van der Waals surface area contributed by atoms with Crippen LogP contribution >= 0.6 is 27.3 Å². The van der Waals surface area contributed by atoms with Gasteiger partial charge in [-0.25, -0.2) is 4.98 Å². The molecule has 2 heterocycles. The van der Waals surface area contributed by atoms with Gasteiger partial charge in [0.15, 0.2) is 5.78 Å². The zero-order valence-corrected chi connectivity index (χ0v) is 18.2. The molecule has 0 fully saturated rings. The first-order valence-electron chi connectivity index (χ1n) is 8.89. The molecule has 0 bridgehead atoms. The van der Waals surface area contributed by atoms with Crippen molar-refractivity contribution in [2.75, 3.05) is 7.11 Å². The summed E-state index contributed by atoms with van der Waals surface area (Å²) < 4.78 is 8.56. The first-order chi connectivity index (χ1) is 14.0. The summed E-state index contributed by atoms with van der Waals surface area (Å²) in [6.07, 6.45) is 1.54. The number of Topliss-reactive ketones (excluding diaryl/α,β-unsaturated/α-hetero) is 1. The number of carbonyl (C=O) groups excluding carboxylic acids is 1. The largest absolute Gasteiger partial charge is 0.496 e. The van der Waals surface area contributed by atoms with Crippen molar-refractivity contribution in [3.05, 3.63) is 80.8 Å². The highest BCUT2D eigenvalue weighted by Gasteiger charge is 2.13. The third kappa shape index (κ3) is 3.88. The van der Waals surface area contributed by atoms with Crippen molar-refractivity contribution in [1.82, 2.24) is 9.55 Å². The summed E-state index contributed by atoms with van der Waals surface area (Å²) in [5, 5.41) is 0. The Kier molecular flexibility index (Phi) is 5.34. The Hall–Kier alpha value is -2.77. The van der Waals surface area contributed by atoms with Crippen molar-refractivity contribution in [3.63, 3.8) is 0 Å². The lowest BCUT2D eigenvalue weighted by molar-refractivity contribution is 0.101. The zero-order valence-electron chi connectivity index (χ0n) is 15.8. The fraction of sp³-hybridized carbons (Fsp3) is 0.136. The van der Waals surface area contributed by atoms with E-state index in [2.05, 4.69) is 20.9 Å². The van der Waals surface area contributed by atoms with Crippen LogP contribution in [0, 0.1) is 0 Å². The summed E-state index contributed by atoms with van der Waals surface area (Å²) in [4.78, 5) is 30.3. The average Bonchev–Trinajstić information content (AvgIpc) is 3.15. The van der Waals surface area contributed by atoms with Crippen LogP contribution < -0.4 is 10.3 Å². The van der Waals surface area contributed by atoms with E-state index in [1.54, 1.807) is 36.2 Å². The molecule has 146 valence electrons. The van der Waals surface area contributed by atoms with Crippen molar-refractivity contribution < 1.29 is 9.53 Å². The van der Waals surface area contributed by atoms with Crippen LogP contribution in [-0.2, 0) is 6.54 Å². The van der Waals surface area contributed by atoms with Crippen LogP contribution in [0.25, 0.3) is 20.7 Å². The first-order valence-corrected chi connectivity index (χ1v) is 10.5. The lowest BCUT2D eigenvalue weighted by atomic mass is 10.1. The Morgan fingerprint density at radius 2 is 1.93 bits per heavy atom. The quantitative estimate of drug-likeness (QED) is 0.380. The van der Waals surface area contributed by atoms with E-state index in [4.69, 9.17) is 4.74 Å². The number of nitrogens with zero attached hydrogens (tertiary/aromatic N) is 2. The van der Waals surface area contributed by atoms with Crippen molar-refractivity contribution in [1.29, 1.82) is 0 Å². The Morgan fingerprint density at radius 3 is 2.62 bits per heavy atom. The second-order valence-electron chi connectivity index (χ2n) is 6.59. The van der Waals surface area contributed by atoms with Gasteiger partial charge in [0.05, 0.1) is 25.5 Å². The minimum atomic E-state index is -0.112. The number of hydrogen-bond acceptors (Lipinski definition) is 5. The van der Waals surface area contributed by atoms with E-state index in [1.807, 2.05) is 30.3 Å². The maximum atomic E-state index is 13.1. The Morgan fingerprint density at radius 1 is 1.17 bits per heavy atom. The van der Waals surface area contributed by atoms with Gasteiger partial charge in [-0.2, -0.15) is 0 Å². The van der Waals surface area contributed by atoms with E-state index >= 15 is 0 Å². The molecule has 0 spiro atoms. The van der Waals surface area contributed by atoms with E-state index in [-0.39, 0.29) is 17.9 Å². The molecule has 0 aliphatic rings. The SMILES string of the molecule is COc1ccc(C(C)=O)cc1Cn1cnc2cc(-c3ccc(Br)cc3)sc2c1=O. The van der Waals surface area contributed by atoms with Crippen molar-refractivity contribution in [3.8, 4) is 16.2 Å². The number of benzene rings is 2. The molecule has 2 aromatic heterocycles. The molecular formula is C22H17BrN2O3S. The molecule has 7 heteroatoms. The second kappa shape index (κ2) is 7.93. The van der Waals surface area contributed by atoms with E-state index in [0.717, 1.165) is 20.5 Å². The monoisotopic (exact) mass is 468 g/mol. The lowest BCUT2D eigenvalue weighted by Gasteiger charge is -2.11. The molecule has 0 saturated heterocycles.